The molecule has 1 N–H and O–H groups in total. The minimum absolute atomic E-state index is 0.750. The van der Waals surface area contributed by atoms with Crippen molar-refractivity contribution in [1.82, 2.24) is 5.32 Å². The van der Waals surface area contributed by atoms with Crippen LogP contribution in [-0.4, -0.2) is 6.54 Å². The van der Waals surface area contributed by atoms with Gasteiger partial charge in [-0.25, -0.2) is 0 Å². The molecular weight excluding hydrogens is 579 g/mol. The van der Waals surface area contributed by atoms with Gasteiger partial charge >= 0.3 is 0 Å². The van der Waals surface area contributed by atoms with Gasteiger partial charge in [-0.2, -0.15) is 0 Å². The molecule has 3 saturated carbocycles. The van der Waals surface area contributed by atoms with E-state index in [4.69, 9.17) is 0 Å². The number of fused-ring (bicyclic) bond motifs is 3. The van der Waals surface area contributed by atoms with Crippen molar-refractivity contribution in [3.05, 3.63) is 83.7 Å². The van der Waals surface area contributed by atoms with Crippen molar-refractivity contribution in [2.45, 2.75) is 142 Å². The molecule has 7 aliphatic rings. The van der Waals surface area contributed by atoms with Gasteiger partial charge in [0.15, 0.2) is 0 Å². The van der Waals surface area contributed by atoms with Crippen molar-refractivity contribution in [1.29, 1.82) is 0 Å². The minimum Gasteiger partial charge on any atom is -0.388 e. The standard InChI is InChI=1S/C47H69N/c1-3-4-6-16-37-29-30-39(44-23-12-11-21-40(37)44)34(2)27-28-38(33-48-47-26-15-20-36-19-9-10-22-43(36)47)42-32-31-41(35-17-7-5-8-18-35)45-24-13-14-25-46(42)45/h3,11-12,14,17,20-21,23,25,34,37-42,44-46,48H,1,4-10,13,15-16,18-19,22,24,26-33H2,2H3/t34?,37?,38?,39?,40?,41?,42-,44?,45?,46?/m0/s1. The molecule has 0 bridgehead atoms. The first-order valence-corrected chi connectivity index (χ1v) is 21.2. The van der Waals surface area contributed by atoms with E-state index in [2.05, 4.69) is 73.5 Å². The van der Waals surface area contributed by atoms with E-state index >= 15 is 0 Å². The Hall–Kier alpha value is -2.02. The average molecular weight is 648 g/mol. The van der Waals surface area contributed by atoms with Gasteiger partial charge in [0, 0.05) is 12.2 Å². The molecule has 0 aromatic heterocycles. The number of rotatable bonds is 13. The fourth-order valence-corrected chi connectivity index (χ4v) is 12.3. The van der Waals surface area contributed by atoms with Gasteiger partial charge in [-0.05, 0) is 199 Å². The number of unbranched alkanes of at least 4 members (excludes halogenated alkanes) is 1. The molecule has 0 aromatic rings. The van der Waals surface area contributed by atoms with Crippen LogP contribution in [0.3, 0.4) is 0 Å². The highest BCUT2D eigenvalue weighted by Gasteiger charge is 2.44. The van der Waals surface area contributed by atoms with E-state index in [0.29, 0.717) is 0 Å². The quantitative estimate of drug-likeness (QED) is 0.155. The predicted octanol–water partition coefficient (Wildman–Crippen LogP) is 13.0. The lowest BCUT2D eigenvalue weighted by Crippen LogP contribution is -2.42. The maximum atomic E-state index is 4.24. The Labute approximate surface area is 295 Å². The zero-order valence-corrected chi connectivity index (χ0v) is 30.7. The van der Waals surface area contributed by atoms with Crippen LogP contribution in [0.2, 0.25) is 0 Å². The molecular formula is C47H69N. The first-order chi connectivity index (χ1) is 23.7. The van der Waals surface area contributed by atoms with Crippen LogP contribution < -0.4 is 5.32 Å². The lowest BCUT2D eigenvalue weighted by atomic mass is 9.57. The fourth-order valence-electron chi connectivity index (χ4n) is 12.3. The van der Waals surface area contributed by atoms with Gasteiger partial charge < -0.3 is 5.32 Å². The molecule has 9 unspecified atom stereocenters. The Bertz CT molecular complexity index is 1270. The van der Waals surface area contributed by atoms with Crippen LogP contribution in [0.5, 0.6) is 0 Å². The molecule has 1 heteroatoms. The molecule has 0 spiro atoms. The van der Waals surface area contributed by atoms with Crippen molar-refractivity contribution in [3.8, 4) is 0 Å². The predicted molar refractivity (Wildman–Crippen MR) is 206 cm³/mol. The van der Waals surface area contributed by atoms with Gasteiger partial charge in [0.05, 0.1) is 0 Å². The Morgan fingerprint density at radius 2 is 1.65 bits per heavy atom. The first kappa shape index (κ1) is 34.4. The van der Waals surface area contributed by atoms with Crippen LogP contribution in [0, 0.1) is 59.2 Å². The van der Waals surface area contributed by atoms with E-state index in [1.165, 1.54) is 141 Å². The molecule has 0 aliphatic heterocycles. The van der Waals surface area contributed by atoms with E-state index in [1.54, 1.807) is 16.8 Å². The number of hydrogen-bond acceptors (Lipinski definition) is 1. The van der Waals surface area contributed by atoms with Crippen LogP contribution in [-0.2, 0) is 0 Å². The van der Waals surface area contributed by atoms with Gasteiger partial charge in [-0.3, -0.25) is 0 Å². The van der Waals surface area contributed by atoms with Crippen molar-refractivity contribution in [2.75, 3.05) is 6.54 Å². The molecule has 7 rings (SSSR count). The molecule has 0 amide bonds. The van der Waals surface area contributed by atoms with Crippen LogP contribution in [0.4, 0.5) is 0 Å². The third-order valence-corrected chi connectivity index (χ3v) is 14.8. The van der Waals surface area contributed by atoms with Gasteiger partial charge in [0.2, 0.25) is 0 Å². The summed E-state index contributed by atoms with van der Waals surface area (Å²) in [7, 11) is 0. The van der Waals surface area contributed by atoms with Crippen LogP contribution >= 0.6 is 0 Å². The molecule has 10 atom stereocenters. The molecule has 0 saturated heterocycles. The van der Waals surface area contributed by atoms with Gasteiger partial charge in [-0.1, -0.05) is 73.6 Å². The maximum absolute atomic E-state index is 4.24. The maximum Gasteiger partial charge on any atom is 0.0175 e. The molecule has 262 valence electrons. The molecule has 3 fully saturated rings. The summed E-state index contributed by atoms with van der Waals surface area (Å²) in [5.74, 6) is 8.18. The van der Waals surface area contributed by atoms with Crippen LogP contribution in [0.25, 0.3) is 0 Å². The second-order valence-electron chi connectivity index (χ2n) is 17.4. The molecule has 0 radical (unpaired) electrons. The smallest absolute Gasteiger partial charge is 0.0175 e. The summed E-state index contributed by atoms with van der Waals surface area (Å²) in [5, 5.41) is 4.24. The van der Waals surface area contributed by atoms with E-state index < -0.39 is 0 Å². The third kappa shape index (κ3) is 7.81. The highest BCUT2D eigenvalue weighted by Crippen LogP contribution is 2.52. The van der Waals surface area contributed by atoms with Crippen LogP contribution in [0.15, 0.2) is 83.7 Å². The largest absolute Gasteiger partial charge is 0.388 e. The zero-order chi connectivity index (χ0) is 32.7. The summed E-state index contributed by atoms with van der Waals surface area (Å²) in [4.78, 5) is 0. The number of allylic oxidation sites excluding steroid dienone is 13. The normalized spacial score (nSPS) is 35.9. The van der Waals surface area contributed by atoms with E-state index in [-0.39, 0.29) is 0 Å². The van der Waals surface area contributed by atoms with E-state index in [1.807, 2.05) is 5.57 Å². The second kappa shape index (κ2) is 16.8. The van der Waals surface area contributed by atoms with Gasteiger partial charge in [0.1, 0.15) is 0 Å². The Morgan fingerprint density at radius 3 is 2.52 bits per heavy atom. The second-order valence-corrected chi connectivity index (χ2v) is 17.4. The summed E-state index contributed by atoms with van der Waals surface area (Å²) in [6.07, 6.45) is 51.3. The highest BCUT2D eigenvalue weighted by atomic mass is 14.9. The molecule has 0 aromatic carbocycles. The van der Waals surface area contributed by atoms with E-state index in [9.17, 15) is 0 Å². The van der Waals surface area contributed by atoms with Crippen molar-refractivity contribution < 1.29 is 0 Å². The van der Waals surface area contributed by atoms with Crippen molar-refractivity contribution in [2.24, 2.45) is 59.2 Å². The fraction of sp³-hybridized carbons (Fsp3) is 0.702. The Kier molecular flexibility index (Phi) is 12.0. The lowest BCUT2D eigenvalue weighted by Gasteiger charge is -2.48. The summed E-state index contributed by atoms with van der Waals surface area (Å²) in [5.41, 5.74) is 6.92. The molecule has 7 aliphatic carbocycles. The van der Waals surface area contributed by atoms with E-state index in [0.717, 1.165) is 59.2 Å². The summed E-state index contributed by atoms with van der Waals surface area (Å²) < 4.78 is 0. The third-order valence-electron chi connectivity index (χ3n) is 14.8. The molecule has 48 heavy (non-hydrogen) atoms. The average Bonchev–Trinajstić information content (AvgIpc) is 3.15. The van der Waals surface area contributed by atoms with Crippen LogP contribution in [0.1, 0.15) is 142 Å². The lowest BCUT2D eigenvalue weighted by molar-refractivity contribution is 0.0690. The highest BCUT2D eigenvalue weighted by molar-refractivity contribution is 5.39. The van der Waals surface area contributed by atoms with Crippen molar-refractivity contribution >= 4 is 0 Å². The summed E-state index contributed by atoms with van der Waals surface area (Å²) in [6.45, 7) is 7.85. The number of nitrogens with one attached hydrogen (secondary N) is 1. The number of hydrogen-bond donors (Lipinski definition) is 1. The first-order valence-electron chi connectivity index (χ1n) is 21.2. The van der Waals surface area contributed by atoms with Crippen molar-refractivity contribution in [3.63, 3.8) is 0 Å². The SMILES string of the molecule is C=CCCCC1CCC(C(C)CCC(CNC2=C3CCCCC3=CCC2)[C@@H]2CCC(C3=CCCCC3)C3CCC=CC32)C2C=CC=CC12. The topological polar surface area (TPSA) is 12.0 Å². The Morgan fingerprint density at radius 1 is 0.792 bits per heavy atom. The summed E-state index contributed by atoms with van der Waals surface area (Å²) in [6, 6.07) is 0. The van der Waals surface area contributed by atoms with Gasteiger partial charge in [-0.15, -0.1) is 6.58 Å². The molecule has 0 heterocycles. The molecule has 1 nitrogen and oxygen atoms in total. The Balaban J connectivity index is 1.07. The monoisotopic (exact) mass is 648 g/mol. The van der Waals surface area contributed by atoms with Gasteiger partial charge in [0.25, 0.3) is 0 Å². The summed E-state index contributed by atoms with van der Waals surface area (Å²) >= 11 is 0. The zero-order valence-electron chi connectivity index (χ0n) is 30.7. The minimum atomic E-state index is 0.750.